The summed E-state index contributed by atoms with van der Waals surface area (Å²) in [6.07, 6.45) is 0. The number of hydrogen-bond donors (Lipinski definition) is 0. The smallest absolute Gasteiger partial charge is 0.526 e. The van der Waals surface area contributed by atoms with Crippen molar-refractivity contribution in [1.82, 2.24) is 0 Å². The Hall–Kier alpha value is -2.06. The summed E-state index contributed by atoms with van der Waals surface area (Å²) in [5, 5.41) is 0. The van der Waals surface area contributed by atoms with Crippen LogP contribution in [0.15, 0.2) is 48.5 Å². The molecular formula is C18H22BO6. The predicted octanol–water partition coefficient (Wildman–Crippen LogP) is 2.92. The summed E-state index contributed by atoms with van der Waals surface area (Å²) in [5.74, 6) is 1.32. The van der Waals surface area contributed by atoms with Crippen molar-refractivity contribution in [1.29, 1.82) is 0 Å². The molecule has 0 amide bonds. The summed E-state index contributed by atoms with van der Waals surface area (Å²) in [6, 6.07) is 15.1. The molecule has 0 aliphatic carbocycles. The second-order valence-electron chi connectivity index (χ2n) is 5.06. The van der Waals surface area contributed by atoms with Crippen LogP contribution >= 0.6 is 0 Å². The van der Waals surface area contributed by atoms with E-state index in [9.17, 15) is 0 Å². The Bertz CT molecular complexity index is 569. The summed E-state index contributed by atoms with van der Waals surface area (Å²) in [5.41, 5.74) is 1.80. The van der Waals surface area contributed by atoms with Gasteiger partial charge in [-0.3, -0.25) is 0 Å². The number of ether oxygens (including phenoxy) is 4. The Morgan fingerprint density at radius 2 is 1.12 bits per heavy atom. The van der Waals surface area contributed by atoms with Crippen molar-refractivity contribution >= 4 is 7.69 Å². The Morgan fingerprint density at radius 1 is 0.680 bits per heavy atom. The second kappa shape index (κ2) is 11.5. The van der Waals surface area contributed by atoms with Crippen LogP contribution in [0, 0.1) is 0 Å². The maximum absolute atomic E-state index is 5.62. The predicted molar refractivity (Wildman–Crippen MR) is 93.2 cm³/mol. The molecule has 0 aliphatic heterocycles. The number of rotatable bonds is 12. The highest BCUT2D eigenvalue weighted by atomic mass is 16.7. The highest BCUT2D eigenvalue weighted by Crippen LogP contribution is 2.21. The fourth-order valence-corrected chi connectivity index (χ4v) is 2.07. The molecule has 1 radical (unpaired) electrons. The van der Waals surface area contributed by atoms with Gasteiger partial charge in [0, 0.05) is 25.3 Å². The molecule has 2 rings (SSSR count). The first kappa shape index (κ1) is 19.3. The number of benzene rings is 2. The molecule has 0 aromatic heterocycles. The van der Waals surface area contributed by atoms with Crippen LogP contribution in [0.5, 0.6) is 11.5 Å². The molecule has 0 saturated carbocycles. The van der Waals surface area contributed by atoms with Crippen molar-refractivity contribution in [2.75, 3.05) is 27.8 Å². The first-order valence-electron chi connectivity index (χ1n) is 7.79. The van der Waals surface area contributed by atoms with Gasteiger partial charge in [-0.15, -0.1) is 0 Å². The maximum atomic E-state index is 5.62. The van der Waals surface area contributed by atoms with Crippen molar-refractivity contribution in [3.63, 3.8) is 0 Å². The summed E-state index contributed by atoms with van der Waals surface area (Å²) >= 11 is 0. The van der Waals surface area contributed by atoms with Crippen LogP contribution in [0.4, 0.5) is 0 Å². The average Bonchev–Trinajstić information content (AvgIpc) is 2.64. The van der Waals surface area contributed by atoms with Gasteiger partial charge in [-0.2, -0.15) is 0 Å². The van der Waals surface area contributed by atoms with Gasteiger partial charge in [-0.1, -0.05) is 36.4 Å². The van der Waals surface area contributed by atoms with Crippen molar-refractivity contribution in [2.45, 2.75) is 13.2 Å². The van der Waals surface area contributed by atoms with E-state index in [2.05, 4.69) is 0 Å². The third kappa shape index (κ3) is 6.76. The minimum atomic E-state index is 0.226. The van der Waals surface area contributed by atoms with E-state index in [4.69, 9.17) is 28.3 Å². The zero-order chi connectivity index (χ0) is 17.7. The summed E-state index contributed by atoms with van der Waals surface area (Å²) in [7, 11) is 4.46. The van der Waals surface area contributed by atoms with Crippen LogP contribution < -0.4 is 9.31 Å². The van der Waals surface area contributed by atoms with Crippen LogP contribution in [0.2, 0.25) is 0 Å². The molecule has 0 aliphatic rings. The van der Waals surface area contributed by atoms with Crippen LogP contribution in [-0.2, 0) is 32.2 Å². The van der Waals surface area contributed by atoms with E-state index in [1.165, 1.54) is 7.69 Å². The number of methoxy groups -OCH3 is 2. The van der Waals surface area contributed by atoms with Gasteiger partial charge in [-0.05, 0) is 12.1 Å². The molecule has 2 aromatic rings. The maximum Gasteiger partial charge on any atom is 0.658 e. The standard InChI is InChI=1S/C18H22BO6/c1-20-13-22-11-15-7-3-5-9-17(15)24-19-25-18-10-6-4-8-16(18)12-23-14-21-2/h3-10H,11-14H2,1-2H3. The molecule has 2 aromatic carbocycles. The Kier molecular flexibility index (Phi) is 8.86. The van der Waals surface area contributed by atoms with Gasteiger partial charge < -0.3 is 28.3 Å². The van der Waals surface area contributed by atoms with Crippen molar-refractivity contribution in [3.05, 3.63) is 59.7 Å². The SMILES string of the molecule is COCOCc1ccccc1O[B]Oc1ccccc1COCOC. The van der Waals surface area contributed by atoms with E-state index in [0.717, 1.165) is 11.1 Å². The highest BCUT2D eigenvalue weighted by molar-refractivity contribution is 6.20. The largest absolute Gasteiger partial charge is 0.658 e. The fraction of sp³-hybridized carbons (Fsp3) is 0.333. The lowest BCUT2D eigenvalue weighted by molar-refractivity contribution is -0.0393. The van der Waals surface area contributed by atoms with Gasteiger partial charge in [0.2, 0.25) is 0 Å². The Labute approximate surface area is 148 Å². The van der Waals surface area contributed by atoms with E-state index < -0.39 is 0 Å². The first-order chi connectivity index (χ1) is 12.3. The Morgan fingerprint density at radius 3 is 1.56 bits per heavy atom. The third-order valence-corrected chi connectivity index (χ3v) is 3.21. The van der Waals surface area contributed by atoms with Gasteiger partial charge in [-0.25, -0.2) is 0 Å². The molecule has 0 bridgehead atoms. The van der Waals surface area contributed by atoms with Crippen LogP contribution in [-0.4, -0.2) is 35.5 Å². The first-order valence-corrected chi connectivity index (χ1v) is 7.79. The topological polar surface area (TPSA) is 55.4 Å². The van der Waals surface area contributed by atoms with Crippen molar-refractivity contribution in [3.8, 4) is 11.5 Å². The van der Waals surface area contributed by atoms with E-state index in [0.29, 0.717) is 24.7 Å². The number of para-hydroxylation sites is 2. The van der Waals surface area contributed by atoms with Crippen molar-refractivity contribution in [2.24, 2.45) is 0 Å². The molecular weight excluding hydrogens is 323 g/mol. The van der Waals surface area contributed by atoms with Crippen LogP contribution in [0.3, 0.4) is 0 Å². The molecule has 0 spiro atoms. The van der Waals surface area contributed by atoms with Gasteiger partial charge in [0.25, 0.3) is 0 Å². The minimum absolute atomic E-state index is 0.226. The molecule has 0 atom stereocenters. The molecule has 7 heteroatoms. The highest BCUT2D eigenvalue weighted by Gasteiger charge is 2.09. The molecule has 25 heavy (non-hydrogen) atoms. The molecule has 0 N–H and O–H groups in total. The van der Waals surface area contributed by atoms with Gasteiger partial charge in [0.05, 0.1) is 13.2 Å². The van der Waals surface area contributed by atoms with E-state index in [-0.39, 0.29) is 13.6 Å². The third-order valence-electron chi connectivity index (χ3n) is 3.21. The van der Waals surface area contributed by atoms with E-state index in [1.54, 1.807) is 14.2 Å². The summed E-state index contributed by atoms with van der Waals surface area (Å²) in [4.78, 5) is 0. The van der Waals surface area contributed by atoms with Gasteiger partial charge in [0.15, 0.2) is 0 Å². The average molecular weight is 345 g/mol. The number of hydrogen-bond acceptors (Lipinski definition) is 6. The molecule has 133 valence electrons. The zero-order valence-corrected chi connectivity index (χ0v) is 14.5. The normalized spacial score (nSPS) is 10.5. The second-order valence-corrected chi connectivity index (χ2v) is 5.06. The monoisotopic (exact) mass is 345 g/mol. The lowest BCUT2D eigenvalue weighted by Gasteiger charge is -2.13. The minimum Gasteiger partial charge on any atom is -0.526 e. The van der Waals surface area contributed by atoms with Gasteiger partial charge >= 0.3 is 7.69 Å². The van der Waals surface area contributed by atoms with E-state index >= 15 is 0 Å². The molecule has 6 nitrogen and oxygen atoms in total. The molecule has 0 saturated heterocycles. The molecule has 0 fully saturated rings. The lowest BCUT2D eigenvalue weighted by atomic mass is 10.2. The zero-order valence-electron chi connectivity index (χ0n) is 14.5. The van der Waals surface area contributed by atoms with Crippen molar-refractivity contribution < 1.29 is 28.3 Å². The van der Waals surface area contributed by atoms with Crippen LogP contribution in [0.1, 0.15) is 11.1 Å². The quantitative estimate of drug-likeness (QED) is 0.335. The molecule has 0 unspecified atom stereocenters. The Balaban J connectivity index is 1.88. The van der Waals surface area contributed by atoms with Crippen LogP contribution in [0.25, 0.3) is 0 Å². The fourth-order valence-electron chi connectivity index (χ4n) is 2.07. The molecule has 0 heterocycles. The van der Waals surface area contributed by atoms with E-state index in [1.807, 2.05) is 48.5 Å². The summed E-state index contributed by atoms with van der Waals surface area (Å²) in [6.45, 7) is 1.23. The van der Waals surface area contributed by atoms with Gasteiger partial charge in [0.1, 0.15) is 25.1 Å². The lowest BCUT2D eigenvalue weighted by Crippen LogP contribution is -2.13. The summed E-state index contributed by atoms with van der Waals surface area (Å²) < 4.78 is 31.7.